The average molecular weight is 374 g/mol. The van der Waals surface area contributed by atoms with Crippen molar-refractivity contribution >= 4 is 17.5 Å². The van der Waals surface area contributed by atoms with Crippen LogP contribution in [-0.4, -0.2) is 47.0 Å². The zero-order valence-electron chi connectivity index (χ0n) is 15.5. The number of carbonyl (C=O) groups excluding carboxylic acids is 1. The molecule has 1 aliphatic heterocycles. The minimum Gasteiger partial charge on any atom is -0.353 e. The summed E-state index contributed by atoms with van der Waals surface area (Å²) in [7, 11) is 0. The monoisotopic (exact) mass is 374 g/mol. The molecule has 0 aromatic carbocycles. The molecule has 0 aliphatic carbocycles. The lowest BCUT2D eigenvalue weighted by molar-refractivity contribution is 0.0946. The van der Waals surface area contributed by atoms with Gasteiger partial charge in [0.25, 0.3) is 5.91 Å². The van der Waals surface area contributed by atoms with Crippen LogP contribution in [0, 0.1) is 0 Å². The lowest BCUT2D eigenvalue weighted by Crippen LogP contribution is -2.47. The van der Waals surface area contributed by atoms with E-state index in [9.17, 15) is 4.79 Å². The van der Waals surface area contributed by atoms with Gasteiger partial charge in [0.2, 0.25) is 0 Å². The van der Waals surface area contributed by atoms with E-state index in [0.717, 1.165) is 43.4 Å². The van der Waals surface area contributed by atoms with E-state index in [1.165, 1.54) is 0 Å². The number of aromatic nitrogens is 3. The summed E-state index contributed by atoms with van der Waals surface area (Å²) in [6.07, 6.45) is 5.23. The number of rotatable bonds is 5. The number of nitrogens with one attached hydrogen (secondary N) is 1. The number of piperazine rings is 1. The molecule has 142 valence electrons. The molecule has 1 fully saturated rings. The van der Waals surface area contributed by atoms with Gasteiger partial charge in [-0.1, -0.05) is 18.2 Å². The van der Waals surface area contributed by atoms with Crippen LogP contribution in [0.3, 0.4) is 0 Å². The Morgan fingerprint density at radius 3 is 2.25 bits per heavy atom. The Morgan fingerprint density at radius 2 is 1.54 bits per heavy atom. The van der Waals surface area contributed by atoms with Gasteiger partial charge in [-0.2, -0.15) is 0 Å². The Balaban J connectivity index is 1.40. The summed E-state index contributed by atoms with van der Waals surface area (Å²) < 4.78 is 0. The normalized spacial score (nSPS) is 14.0. The fraction of sp³-hybridized carbons (Fsp3) is 0.238. The standard InChI is InChI=1S/C21H22N6O/c28-21(18-7-1-3-9-22-18)25-16-17-6-5-11-24-20(17)27-14-12-26(13-15-27)19-8-2-4-10-23-19/h1-11H,12-16H2,(H,25,28). The van der Waals surface area contributed by atoms with Gasteiger partial charge in [0.1, 0.15) is 17.3 Å². The van der Waals surface area contributed by atoms with Crippen LogP contribution in [-0.2, 0) is 6.54 Å². The summed E-state index contributed by atoms with van der Waals surface area (Å²) in [5, 5.41) is 2.94. The van der Waals surface area contributed by atoms with E-state index in [1.54, 1.807) is 30.6 Å². The first-order valence-corrected chi connectivity index (χ1v) is 9.35. The molecule has 0 atom stereocenters. The third-order valence-electron chi connectivity index (χ3n) is 4.76. The van der Waals surface area contributed by atoms with Gasteiger partial charge in [0.15, 0.2) is 0 Å². The van der Waals surface area contributed by atoms with Crippen LogP contribution in [0.1, 0.15) is 16.1 Å². The summed E-state index contributed by atoms with van der Waals surface area (Å²) in [6.45, 7) is 3.89. The van der Waals surface area contributed by atoms with E-state index in [2.05, 4.69) is 30.1 Å². The maximum atomic E-state index is 12.3. The second kappa shape index (κ2) is 8.47. The topological polar surface area (TPSA) is 74.2 Å². The Hall–Kier alpha value is -3.48. The minimum absolute atomic E-state index is 0.185. The minimum atomic E-state index is -0.185. The smallest absolute Gasteiger partial charge is 0.270 e. The van der Waals surface area contributed by atoms with E-state index in [4.69, 9.17) is 0 Å². The lowest BCUT2D eigenvalue weighted by Gasteiger charge is -2.36. The van der Waals surface area contributed by atoms with Gasteiger partial charge in [0.05, 0.1) is 0 Å². The Labute approximate surface area is 164 Å². The molecule has 1 saturated heterocycles. The zero-order valence-corrected chi connectivity index (χ0v) is 15.5. The number of anilines is 2. The highest BCUT2D eigenvalue weighted by molar-refractivity contribution is 5.92. The quantitative estimate of drug-likeness (QED) is 0.737. The third kappa shape index (κ3) is 4.09. The molecule has 0 radical (unpaired) electrons. The van der Waals surface area contributed by atoms with Crippen molar-refractivity contribution in [3.8, 4) is 0 Å². The van der Waals surface area contributed by atoms with E-state index < -0.39 is 0 Å². The van der Waals surface area contributed by atoms with E-state index in [1.807, 2.05) is 36.5 Å². The van der Waals surface area contributed by atoms with Crippen LogP contribution in [0.25, 0.3) is 0 Å². The van der Waals surface area contributed by atoms with Crippen molar-refractivity contribution in [2.75, 3.05) is 36.0 Å². The molecule has 0 spiro atoms. The van der Waals surface area contributed by atoms with Gasteiger partial charge in [0, 0.05) is 56.9 Å². The molecule has 0 saturated carbocycles. The van der Waals surface area contributed by atoms with Crippen molar-refractivity contribution in [1.29, 1.82) is 0 Å². The molecule has 1 N–H and O–H groups in total. The van der Waals surface area contributed by atoms with Crippen LogP contribution in [0.2, 0.25) is 0 Å². The Bertz CT molecular complexity index is 910. The highest BCUT2D eigenvalue weighted by Gasteiger charge is 2.21. The summed E-state index contributed by atoms with van der Waals surface area (Å²) in [6, 6.07) is 15.2. The molecule has 28 heavy (non-hydrogen) atoms. The van der Waals surface area contributed by atoms with Gasteiger partial charge in [-0.25, -0.2) is 9.97 Å². The van der Waals surface area contributed by atoms with E-state index in [-0.39, 0.29) is 5.91 Å². The number of pyridine rings is 3. The number of amides is 1. The van der Waals surface area contributed by atoms with Crippen molar-refractivity contribution in [3.05, 3.63) is 78.4 Å². The molecule has 4 heterocycles. The first kappa shape index (κ1) is 17.9. The largest absolute Gasteiger partial charge is 0.353 e. The molecule has 4 rings (SSSR count). The molecule has 7 nitrogen and oxygen atoms in total. The summed E-state index contributed by atoms with van der Waals surface area (Å²) in [4.78, 5) is 29.9. The fourth-order valence-electron chi connectivity index (χ4n) is 3.30. The average Bonchev–Trinajstić information content (AvgIpc) is 2.79. The Kier molecular flexibility index (Phi) is 5.42. The van der Waals surface area contributed by atoms with Crippen LogP contribution in [0.15, 0.2) is 67.1 Å². The van der Waals surface area contributed by atoms with Gasteiger partial charge in [-0.15, -0.1) is 0 Å². The maximum Gasteiger partial charge on any atom is 0.270 e. The molecular weight excluding hydrogens is 352 g/mol. The molecule has 0 unspecified atom stereocenters. The molecule has 0 bridgehead atoms. The van der Waals surface area contributed by atoms with Gasteiger partial charge in [-0.05, 0) is 30.3 Å². The van der Waals surface area contributed by atoms with Crippen molar-refractivity contribution in [1.82, 2.24) is 20.3 Å². The van der Waals surface area contributed by atoms with Crippen molar-refractivity contribution in [2.24, 2.45) is 0 Å². The highest BCUT2D eigenvalue weighted by Crippen LogP contribution is 2.21. The maximum absolute atomic E-state index is 12.3. The number of nitrogens with zero attached hydrogens (tertiary/aromatic N) is 5. The van der Waals surface area contributed by atoms with E-state index >= 15 is 0 Å². The van der Waals surface area contributed by atoms with Crippen LogP contribution < -0.4 is 15.1 Å². The molecule has 1 aliphatic rings. The van der Waals surface area contributed by atoms with Crippen LogP contribution in [0.5, 0.6) is 0 Å². The molecule has 3 aromatic rings. The van der Waals surface area contributed by atoms with Gasteiger partial charge < -0.3 is 15.1 Å². The predicted molar refractivity (Wildman–Crippen MR) is 108 cm³/mol. The number of hydrogen-bond donors (Lipinski definition) is 1. The highest BCUT2D eigenvalue weighted by atomic mass is 16.1. The lowest BCUT2D eigenvalue weighted by atomic mass is 10.2. The second-order valence-electron chi connectivity index (χ2n) is 6.55. The van der Waals surface area contributed by atoms with Crippen molar-refractivity contribution < 1.29 is 4.79 Å². The summed E-state index contributed by atoms with van der Waals surface area (Å²) in [5.41, 5.74) is 1.41. The van der Waals surface area contributed by atoms with E-state index in [0.29, 0.717) is 12.2 Å². The van der Waals surface area contributed by atoms with Gasteiger partial charge in [-0.3, -0.25) is 9.78 Å². The summed E-state index contributed by atoms with van der Waals surface area (Å²) in [5.74, 6) is 1.74. The van der Waals surface area contributed by atoms with Crippen LogP contribution in [0.4, 0.5) is 11.6 Å². The zero-order chi connectivity index (χ0) is 19.2. The Morgan fingerprint density at radius 1 is 0.821 bits per heavy atom. The first-order valence-electron chi connectivity index (χ1n) is 9.35. The first-order chi connectivity index (χ1) is 13.8. The van der Waals surface area contributed by atoms with Crippen molar-refractivity contribution in [2.45, 2.75) is 6.54 Å². The second-order valence-corrected chi connectivity index (χ2v) is 6.55. The SMILES string of the molecule is O=C(NCc1cccnc1N1CCN(c2ccccn2)CC1)c1ccccn1. The fourth-order valence-corrected chi connectivity index (χ4v) is 3.30. The van der Waals surface area contributed by atoms with Crippen molar-refractivity contribution in [3.63, 3.8) is 0 Å². The summed E-state index contributed by atoms with van der Waals surface area (Å²) >= 11 is 0. The number of carbonyl (C=O) groups is 1. The predicted octanol–water partition coefficient (Wildman–Crippen LogP) is 2.13. The molecule has 3 aromatic heterocycles. The third-order valence-corrected chi connectivity index (χ3v) is 4.76. The molecule has 7 heteroatoms. The van der Waals surface area contributed by atoms with Gasteiger partial charge >= 0.3 is 0 Å². The van der Waals surface area contributed by atoms with Crippen LogP contribution >= 0.6 is 0 Å². The number of hydrogen-bond acceptors (Lipinski definition) is 6. The molecular formula is C21H22N6O. The molecule has 1 amide bonds.